The van der Waals surface area contributed by atoms with Crippen molar-refractivity contribution in [2.45, 2.75) is 32.4 Å². The van der Waals surface area contributed by atoms with Gasteiger partial charge in [0.2, 0.25) is 5.91 Å². The fourth-order valence-corrected chi connectivity index (χ4v) is 2.96. The number of hydrogen-bond acceptors (Lipinski definition) is 2. The van der Waals surface area contributed by atoms with Crippen molar-refractivity contribution in [3.8, 4) is 0 Å². The van der Waals surface area contributed by atoms with Crippen LogP contribution in [0, 0.1) is 11.8 Å². The van der Waals surface area contributed by atoms with Crippen molar-refractivity contribution in [2.75, 3.05) is 13.1 Å². The topological polar surface area (TPSA) is 57.6 Å². The minimum absolute atomic E-state index is 0.152. The average Bonchev–Trinajstić information content (AvgIpc) is 2.53. The molecular formula is C17H20F3NO3. The first kappa shape index (κ1) is 18.3. The van der Waals surface area contributed by atoms with E-state index >= 15 is 0 Å². The number of amides is 1. The van der Waals surface area contributed by atoms with Crippen LogP contribution in [0.5, 0.6) is 0 Å². The summed E-state index contributed by atoms with van der Waals surface area (Å²) in [6, 6.07) is 4.77. The number of aliphatic carboxylic acids is 1. The monoisotopic (exact) mass is 343 g/mol. The van der Waals surface area contributed by atoms with Gasteiger partial charge in [-0.05, 0) is 37.0 Å². The highest BCUT2D eigenvalue weighted by Crippen LogP contribution is 2.29. The summed E-state index contributed by atoms with van der Waals surface area (Å²) in [4.78, 5) is 25.1. The Hall–Kier alpha value is -2.05. The Bertz CT molecular complexity index is 598. The summed E-state index contributed by atoms with van der Waals surface area (Å²) < 4.78 is 37.6. The molecule has 4 nitrogen and oxygen atoms in total. The first-order valence-corrected chi connectivity index (χ1v) is 7.86. The summed E-state index contributed by atoms with van der Waals surface area (Å²) >= 11 is 0. The molecule has 1 aromatic rings. The SMILES string of the molecule is C[C@@H](Cc1ccc(C(F)(F)F)cc1)C(=O)N1CCC[C@H](C(=O)O)C1. The standard InChI is InChI=1S/C17H20F3NO3/c1-11(9-12-4-6-14(7-5-12)17(18,19)20)15(22)21-8-2-3-13(10-21)16(23)24/h4-7,11,13H,2-3,8-10H2,1H3,(H,23,24)/t11-,13-/m0/s1. The van der Waals surface area contributed by atoms with Gasteiger partial charge in [0.1, 0.15) is 0 Å². The highest BCUT2D eigenvalue weighted by Gasteiger charge is 2.31. The zero-order chi connectivity index (χ0) is 17.9. The third kappa shape index (κ3) is 4.49. The summed E-state index contributed by atoms with van der Waals surface area (Å²) in [5.41, 5.74) is -0.0683. The van der Waals surface area contributed by atoms with Crippen LogP contribution < -0.4 is 0 Å². The second kappa shape index (κ2) is 7.23. The van der Waals surface area contributed by atoms with Gasteiger partial charge in [-0.1, -0.05) is 19.1 Å². The normalized spacial score (nSPS) is 19.8. The number of carbonyl (C=O) groups excluding carboxylic acids is 1. The van der Waals surface area contributed by atoms with Gasteiger partial charge in [0.25, 0.3) is 0 Å². The van der Waals surface area contributed by atoms with E-state index in [-0.39, 0.29) is 12.5 Å². The number of carboxylic acid groups (broad SMARTS) is 1. The molecule has 0 unspecified atom stereocenters. The van der Waals surface area contributed by atoms with Crippen LogP contribution in [-0.2, 0) is 22.2 Å². The summed E-state index contributed by atoms with van der Waals surface area (Å²) in [5, 5.41) is 9.07. The van der Waals surface area contributed by atoms with Crippen molar-refractivity contribution in [3.05, 3.63) is 35.4 Å². The van der Waals surface area contributed by atoms with Crippen LogP contribution in [0.3, 0.4) is 0 Å². The van der Waals surface area contributed by atoms with Crippen molar-refractivity contribution in [3.63, 3.8) is 0 Å². The number of carbonyl (C=O) groups is 2. The fraction of sp³-hybridized carbons (Fsp3) is 0.529. The van der Waals surface area contributed by atoms with Gasteiger partial charge in [0.15, 0.2) is 0 Å². The number of benzene rings is 1. The molecule has 24 heavy (non-hydrogen) atoms. The maximum absolute atomic E-state index is 12.5. The molecule has 2 rings (SSSR count). The van der Waals surface area contributed by atoms with Gasteiger partial charge in [-0.25, -0.2) is 0 Å². The van der Waals surface area contributed by atoms with E-state index in [0.717, 1.165) is 12.1 Å². The molecule has 0 spiro atoms. The van der Waals surface area contributed by atoms with Crippen LogP contribution >= 0.6 is 0 Å². The molecule has 0 radical (unpaired) electrons. The maximum atomic E-state index is 12.5. The Morgan fingerprint density at radius 2 is 1.92 bits per heavy atom. The highest BCUT2D eigenvalue weighted by atomic mass is 19.4. The van der Waals surface area contributed by atoms with E-state index in [9.17, 15) is 22.8 Å². The molecule has 0 saturated carbocycles. The number of carboxylic acids is 1. The molecular weight excluding hydrogens is 323 g/mol. The van der Waals surface area contributed by atoms with Gasteiger partial charge in [-0.15, -0.1) is 0 Å². The van der Waals surface area contributed by atoms with Crippen molar-refractivity contribution in [1.29, 1.82) is 0 Å². The second-order valence-corrected chi connectivity index (χ2v) is 6.26. The largest absolute Gasteiger partial charge is 0.481 e. The van der Waals surface area contributed by atoms with Crippen LogP contribution in [0.1, 0.15) is 30.9 Å². The molecule has 1 N–H and O–H groups in total. The lowest BCUT2D eigenvalue weighted by Crippen LogP contribution is -2.44. The molecule has 1 fully saturated rings. The fourth-order valence-electron chi connectivity index (χ4n) is 2.96. The first-order valence-electron chi connectivity index (χ1n) is 7.86. The van der Waals surface area contributed by atoms with E-state index < -0.39 is 29.5 Å². The van der Waals surface area contributed by atoms with Gasteiger partial charge < -0.3 is 10.0 Å². The molecule has 7 heteroatoms. The summed E-state index contributed by atoms with van der Waals surface area (Å²) in [6.45, 7) is 2.44. The second-order valence-electron chi connectivity index (χ2n) is 6.26. The number of likely N-dealkylation sites (tertiary alicyclic amines) is 1. The summed E-state index contributed by atoms with van der Waals surface area (Å²) in [6.07, 6.45) is -2.84. The molecule has 132 valence electrons. The number of nitrogens with zero attached hydrogens (tertiary/aromatic N) is 1. The summed E-state index contributed by atoms with van der Waals surface area (Å²) in [5.74, 6) is -2.00. The zero-order valence-corrected chi connectivity index (χ0v) is 13.3. The third-order valence-electron chi connectivity index (χ3n) is 4.33. The van der Waals surface area contributed by atoms with Gasteiger partial charge >= 0.3 is 12.1 Å². The Labute approximate surface area is 138 Å². The predicted octanol–water partition coefficient (Wildman–Crippen LogP) is 3.21. The van der Waals surface area contributed by atoms with Crippen LogP contribution in [0.25, 0.3) is 0 Å². The Balaban J connectivity index is 1.97. The van der Waals surface area contributed by atoms with Crippen molar-refractivity contribution in [2.24, 2.45) is 11.8 Å². The minimum Gasteiger partial charge on any atom is -0.481 e. The van der Waals surface area contributed by atoms with Crippen LogP contribution in [0.15, 0.2) is 24.3 Å². The molecule has 1 heterocycles. The Kier molecular flexibility index (Phi) is 5.51. The van der Waals surface area contributed by atoms with Gasteiger partial charge in [0, 0.05) is 19.0 Å². The lowest BCUT2D eigenvalue weighted by atomic mass is 9.94. The van der Waals surface area contributed by atoms with Gasteiger partial charge in [-0.2, -0.15) is 13.2 Å². The summed E-state index contributed by atoms with van der Waals surface area (Å²) in [7, 11) is 0. The lowest BCUT2D eigenvalue weighted by Gasteiger charge is -2.32. The molecule has 0 bridgehead atoms. The number of alkyl halides is 3. The highest BCUT2D eigenvalue weighted by molar-refractivity contribution is 5.80. The zero-order valence-electron chi connectivity index (χ0n) is 13.3. The van der Waals surface area contributed by atoms with Crippen LogP contribution in [0.2, 0.25) is 0 Å². The van der Waals surface area contributed by atoms with E-state index in [2.05, 4.69) is 0 Å². The molecule has 0 aliphatic carbocycles. The lowest BCUT2D eigenvalue weighted by molar-refractivity contribution is -0.146. The molecule has 1 aliphatic rings. The van der Waals surface area contributed by atoms with E-state index in [1.807, 2.05) is 0 Å². The first-order chi connectivity index (χ1) is 11.2. The van der Waals surface area contributed by atoms with Crippen molar-refractivity contribution >= 4 is 11.9 Å². The predicted molar refractivity (Wildman–Crippen MR) is 81.3 cm³/mol. The number of rotatable bonds is 4. The van der Waals surface area contributed by atoms with Crippen molar-refractivity contribution < 1.29 is 27.9 Å². The molecule has 0 aromatic heterocycles. The third-order valence-corrected chi connectivity index (χ3v) is 4.33. The van der Waals surface area contributed by atoms with E-state index in [0.29, 0.717) is 31.4 Å². The van der Waals surface area contributed by atoms with Crippen LogP contribution in [-0.4, -0.2) is 35.0 Å². The number of hydrogen-bond donors (Lipinski definition) is 1. The van der Waals surface area contributed by atoms with E-state index in [4.69, 9.17) is 5.11 Å². The van der Waals surface area contributed by atoms with E-state index in [1.165, 1.54) is 12.1 Å². The number of piperidine rings is 1. The van der Waals surface area contributed by atoms with Gasteiger partial charge in [0.05, 0.1) is 11.5 Å². The van der Waals surface area contributed by atoms with Gasteiger partial charge in [-0.3, -0.25) is 9.59 Å². The van der Waals surface area contributed by atoms with Crippen molar-refractivity contribution in [1.82, 2.24) is 4.90 Å². The Morgan fingerprint density at radius 1 is 1.29 bits per heavy atom. The minimum atomic E-state index is -4.38. The quantitative estimate of drug-likeness (QED) is 0.913. The smallest absolute Gasteiger partial charge is 0.416 e. The molecule has 1 aromatic carbocycles. The molecule has 1 amide bonds. The van der Waals surface area contributed by atoms with Crippen LogP contribution in [0.4, 0.5) is 13.2 Å². The molecule has 2 atom stereocenters. The maximum Gasteiger partial charge on any atom is 0.416 e. The molecule has 1 saturated heterocycles. The molecule has 1 aliphatic heterocycles. The average molecular weight is 343 g/mol. The number of halogens is 3. The Morgan fingerprint density at radius 3 is 2.46 bits per heavy atom. The van der Waals surface area contributed by atoms with E-state index in [1.54, 1.807) is 11.8 Å².